The first kappa shape index (κ1) is 12.8. The van der Waals surface area contributed by atoms with Gasteiger partial charge < -0.3 is 4.90 Å². The lowest BCUT2D eigenvalue weighted by Gasteiger charge is -2.08. The normalized spacial score (nSPS) is 11.3. The van der Waals surface area contributed by atoms with E-state index in [1.165, 1.54) is 10.8 Å². The lowest BCUT2D eigenvalue weighted by molar-refractivity contribution is 0.643. The number of hydrogen-bond acceptors (Lipinski definition) is 1. The summed E-state index contributed by atoms with van der Waals surface area (Å²) in [5.74, 6) is 0. The van der Waals surface area contributed by atoms with Gasteiger partial charge in [-0.1, -0.05) is 40.2 Å². The predicted molar refractivity (Wildman–Crippen MR) is 86.2 cm³/mol. The minimum Gasteiger partial charge on any atom is -0.369 e. The summed E-state index contributed by atoms with van der Waals surface area (Å²) in [4.78, 5) is 6.48. The number of halogens is 2. The van der Waals surface area contributed by atoms with E-state index in [9.17, 15) is 0 Å². The molecule has 0 aromatic heterocycles. The zero-order valence-electron chi connectivity index (χ0n) is 9.61. The van der Waals surface area contributed by atoms with Crippen LogP contribution < -0.4 is 0 Å². The van der Waals surface area contributed by atoms with Gasteiger partial charge in [0.2, 0.25) is 0 Å². The van der Waals surface area contributed by atoms with Crippen molar-refractivity contribution in [3.8, 4) is 0 Å². The van der Waals surface area contributed by atoms with Crippen molar-refractivity contribution < 1.29 is 0 Å². The van der Waals surface area contributed by atoms with Crippen LogP contribution in [0.2, 0.25) is 0 Å². The molecular weight excluding hydrogens is 391 g/mol. The molecule has 0 atom stereocenters. The summed E-state index contributed by atoms with van der Waals surface area (Å²) in [6, 6.07) is 10.4. The number of aliphatic imine (C=N–C) groups is 1. The Hall–Kier alpha value is -0.620. The molecule has 0 spiro atoms. The third-order valence-electron chi connectivity index (χ3n) is 2.34. The molecule has 0 aliphatic carbocycles. The van der Waals surface area contributed by atoms with Gasteiger partial charge in [-0.3, -0.25) is 0 Å². The smallest absolute Gasteiger partial charge is 0.0907 e. The van der Waals surface area contributed by atoms with Crippen LogP contribution >= 0.6 is 38.5 Å². The van der Waals surface area contributed by atoms with E-state index in [1.807, 2.05) is 37.5 Å². The van der Waals surface area contributed by atoms with Crippen molar-refractivity contribution in [2.75, 3.05) is 14.1 Å². The minimum absolute atomic E-state index is 1.03. The Morgan fingerprint density at radius 3 is 2.53 bits per heavy atom. The topological polar surface area (TPSA) is 15.6 Å². The Bertz CT molecular complexity index is 579. The van der Waals surface area contributed by atoms with E-state index in [2.05, 4.69) is 61.7 Å². The third kappa shape index (κ3) is 2.80. The van der Waals surface area contributed by atoms with Gasteiger partial charge in [0.25, 0.3) is 0 Å². The van der Waals surface area contributed by atoms with Crippen molar-refractivity contribution in [1.82, 2.24) is 4.90 Å². The van der Waals surface area contributed by atoms with Crippen LogP contribution in [0.4, 0.5) is 5.69 Å². The van der Waals surface area contributed by atoms with E-state index in [4.69, 9.17) is 0 Å². The molecule has 2 aromatic carbocycles. The quantitative estimate of drug-likeness (QED) is 0.412. The van der Waals surface area contributed by atoms with Crippen molar-refractivity contribution in [2.45, 2.75) is 0 Å². The van der Waals surface area contributed by atoms with Crippen LogP contribution in [0.15, 0.2) is 39.8 Å². The van der Waals surface area contributed by atoms with Gasteiger partial charge in [0.1, 0.15) is 0 Å². The van der Waals surface area contributed by atoms with E-state index in [0.29, 0.717) is 0 Å². The molecular formula is C13H12BrIN2. The highest BCUT2D eigenvalue weighted by molar-refractivity contribution is 14.1. The Kier molecular flexibility index (Phi) is 4.04. The van der Waals surface area contributed by atoms with Gasteiger partial charge in [0.05, 0.1) is 12.0 Å². The molecule has 0 aliphatic rings. The molecule has 0 radical (unpaired) electrons. The van der Waals surface area contributed by atoms with Crippen LogP contribution in [-0.2, 0) is 0 Å². The lowest BCUT2D eigenvalue weighted by atomic mass is 10.1. The van der Waals surface area contributed by atoms with Gasteiger partial charge in [-0.2, -0.15) is 0 Å². The van der Waals surface area contributed by atoms with Crippen LogP contribution in [0.3, 0.4) is 0 Å². The van der Waals surface area contributed by atoms with Crippen LogP contribution in [0.1, 0.15) is 0 Å². The monoisotopic (exact) mass is 402 g/mol. The molecule has 88 valence electrons. The molecule has 0 fully saturated rings. The molecule has 0 aliphatic heterocycles. The summed E-state index contributed by atoms with van der Waals surface area (Å²) in [6.45, 7) is 0. The first-order chi connectivity index (χ1) is 8.09. The highest BCUT2D eigenvalue weighted by Crippen LogP contribution is 2.35. The number of benzene rings is 2. The van der Waals surface area contributed by atoms with Crippen LogP contribution in [0, 0.1) is 3.57 Å². The Balaban J connectivity index is 2.69. The van der Waals surface area contributed by atoms with Crippen molar-refractivity contribution >= 4 is 61.3 Å². The molecule has 0 saturated carbocycles. The fraction of sp³-hybridized carbons (Fsp3) is 0.154. The molecule has 0 heterocycles. The fourth-order valence-electron chi connectivity index (χ4n) is 1.59. The average molecular weight is 403 g/mol. The fourth-order valence-corrected chi connectivity index (χ4v) is 3.33. The number of hydrogen-bond donors (Lipinski definition) is 0. The van der Waals surface area contributed by atoms with Gasteiger partial charge >= 0.3 is 0 Å². The van der Waals surface area contributed by atoms with Crippen molar-refractivity contribution in [3.05, 3.63) is 38.4 Å². The van der Waals surface area contributed by atoms with Crippen LogP contribution in [0.5, 0.6) is 0 Å². The Labute approximate surface area is 123 Å². The standard InChI is InChI=1S/C13H12BrIN2/c1-17(2)8-16-13-10-6-4-3-5-9(10)11(14)7-12(13)15/h3-8H,1-2H3. The second-order valence-electron chi connectivity index (χ2n) is 3.94. The Morgan fingerprint density at radius 2 is 1.88 bits per heavy atom. The van der Waals surface area contributed by atoms with E-state index < -0.39 is 0 Å². The summed E-state index contributed by atoms with van der Waals surface area (Å²) in [5, 5.41) is 2.36. The third-order valence-corrected chi connectivity index (χ3v) is 3.82. The number of nitrogens with zero attached hydrogens (tertiary/aromatic N) is 2. The second kappa shape index (κ2) is 5.35. The summed E-state index contributed by atoms with van der Waals surface area (Å²) in [7, 11) is 3.94. The van der Waals surface area contributed by atoms with Gasteiger partial charge in [-0.15, -0.1) is 0 Å². The first-order valence-corrected chi connectivity index (χ1v) is 7.04. The lowest BCUT2D eigenvalue weighted by Crippen LogP contribution is -2.07. The molecule has 0 amide bonds. The highest BCUT2D eigenvalue weighted by atomic mass is 127. The second-order valence-corrected chi connectivity index (χ2v) is 5.96. The summed E-state index contributed by atoms with van der Waals surface area (Å²) in [5.41, 5.74) is 1.03. The molecule has 4 heteroatoms. The molecule has 2 nitrogen and oxygen atoms in total. The van der Waals surface area contributed by atoms with Gasteiger partial charge in [0, 0.05) is 27.5 Å². The first-order valence-electron chi connectivity index (χ1n) is 5.17. The zero-order chi connectivity index (χ0) is 12.4. The van der Waals surface area contributed by atoms with E-state index in [1.54, 1.807) is 0 Å². The van der Waals surface area contributed by atoms with Crippen molar-refractivity contribution in [2.24, 2.45) is 4.99 Å². The number of rotatable bonds is 2. The maximum atomic E-state index is 4.55. The SMILES string of the molecule is CN(C)C=Nc1c(I)cc(Br)c2ccccc12. The summed E-state index contributed by atoms with van der Waals surface area (Å²) < 4.78 is 2.26. The van der Waals surface area contributed by atoms with Crippen molar-refractivity contribution in [1.29, 1.82) is 0 Å². The largest absolute Gasteiger partial charge is 0.369 e. The molecule has 17 heavy (non-hydrogen) atoms. The number of fused-ring (bicyclic) bond motifs is 1. The van der Waals surface area contributed by atoms with E-state index in [-0.39, 0.29) is 0 Å². The van der Waals surface area contributed by atoms with Gasteiger partial charge in [0.15, 0.2) is 0 Å². The highest BCUT2D eigenvalue weighted by Gasteiger charge is 2.07. The molecule has 0 bridgehead atoms. The van der Waals surface area contributed by atoms with E-state index in [0.717, 1.165) is 13.7 Å². The zero-order valence-corrected chi connectivity index (χ0v) is 13.4. The maximum Gasteiger partial charge on any atom is 0.0907 e. The van der Waals surface area contributed by atoms with Gasteiger partial charge in [-0.25, -0.2) is 4.99 Å². The Morgan fingerprint density at radius 1 is 1.24 bits per heavy atom. The summed E-state index contributed by atoms with van der Waals surface area (Å²) >= 11 is 5.91. The predicted octanol–water partition coefficient (Wildman–Crippen LogP) is 4.43. The van der Waals surface area contributed by atoms with Crippen LogP contribution in [0.25, 0.3) is 10.8 Å². The minimum atomic E-state index is 1.03. The van der Waals surface area contributed by atoms with Gasteiger partial charge in [-0.05, 0) is 34.0 Å². The molecule has 0 saturated heterocycles. The average Bonchev–Trinajstić information content (AvgIpc) is 2.28. The summed E-state index contributed by atoms with van der Waals surface area (Å²) in [6.07, 6.45) is 1.83. The van der Waals surface area contributed by atoms with Crippen LogP contribution in [-0.4, -0.2) is 25.3 Å². The molecule has 0 unspecified atom stereocenters. The molecule has 0 N–H and O–H groups in total. The molecule has 2 aromatic rings. The molecule has 2 rings (SSSR count). The van der Waals surface area contributed by atoms with Crippen molar-refractivity contribution in [3.63, 3.8) is 0 Å². The van der Waals surface area contributed by atoms with E-state index >= 15 is 0 Å². The maximum absolute atomic E-state index is 4.55.